The lowest BCUT2D eigenvalue weighted by Gasteiger charge is -2.33. The lowest BCUT2D eigenvalue weighted by Crippen LogP contribution is -2.49. The molecule has 1 aliphatic rings. The van der Waals surface area contributed by atoms with Crippen LogP contribution in [0, 0.1) is 16.4 Å². The Morgan fingerprint density at radius 1 is 1.15 bits per heavy atom. The highest BCUT2D eigenvalue weighted by Gasteiger charge is 2.29. The molecule has 0 N–H and O–H groups in total. The molecule has 1 aromatic heterocycles. The molecule has 0 saturated carbocycles. The second-order valence-corrected chi connectivity index (χ2v) is 8.96. The van der Waals surface area contributed by atoms with E-state index in [1.807, 2.05) is 23.3 Å². The standard InChI is InChI=1S/C16H21F2N5O2S2/c1-12(2)22-10-19-23(16(22)26)11-20-5-7-21(8-6-20)27(24,25)13-3-4-14(17)15(18)9-13/h3-4,9-10,12H,5-8,11H2,1-2H3. The molecule has 0 bridgehead atoms. The van der Waals surface area contributed by atoms with Gasteiger partial charge in [0.05, 0.1) is 11.6 Å². The van der Waals surface area contributed by atoms with Gasteiger partial charge in [0.15, 0.2) is 16.4 Å². The zero-order valence-electron chi connectivity index (χ0n) is 15.0. The first kappa shape index (κ1) is 20.1. The molecular formula is C16H21F2N5O2S2. The van der Waals surface area contributed by atoms with Crippen LogP contribution in [0.2, 0.25) is 0 Å². The first-order valence-corrected chi connectivity index (χ1v) is 10.4. The van der Waals surface area contributed by atoms with Gasteiger partial charge in [-0.15, -0.1) is 0 Å². The highest BCUT2D eigenvalue weighted by Crippen LogP contribution is 2.20. The summed E-state index contributed by atoms with van der Waals surface area (Å²) < 4.78 is 57.2. The third kappa shape index (κ3) is 4.10. The molecule has 7 nitrogen and oxygen atoms in total. The minimum Gasteiger partial charge on any atom is -0.304 e. The van der Waals surface area contributed by atoms with Crippen LogP contribution in [0.4, 0.5) is 8.78 Å². The van der Waals surface area contributed by atoms with Crippen LogP contribution in [0.25, 0.3) is 0 Å². The number of halogens is 2. The van der Waals surface area contributed by atoms with E-state index in [4.69, 9.17) is 12.2 Å². The minimum absolute atomic E-state index is 0.212. The summed E-state index contributed by atoms with van der Waals surface area (Å²) in [6.45, 7) is 5.97. The predicted octanol–water partition coefficient (Wildman–Crippen LogP) is 2.24. The lowest BCUT2D eigenvalue weighted by atomic mass is 10.3. The molecule has 2 aromatic rings. The van der Waals surface area contributed by atoms with E-state index in [2.05, 4.69) is 5.10 Å². The van der Waals surface area contributed by atoms with Crippen LogP contribution in [0.5, 0.6) is 0 Å². The van der Waals surface area contributed by atoms with Gasteiger partial charge in [-0.3, -0.25) is 4.90 Å². The van der Waals surface area contributed by atoms with Crippen molar-refractivity contribution >= 4 is 22.2 Å². The van der Waals surface area contributed by atoms with Crippen molar-refractivity contribution in [3.8, 4) is 0 Å². The van der Waals surface area contributed by atoms with E-state index in [0.717, 1.165) is 18.2 Å². The minimum atomic E-state index is -3.86. The van der Waals surface area contributed by atoms with E-state index in [9.17, 15) is 17.2 Å². The van der Waals surface area contributed by atoms with Gasteiger partial charge in [0.25, 0.3) is 0 Å². The maximum atomic E-state index is 13.4. The van der Waals surface area contributed by atoms with Gasteiger partial charge in [-0.05, 0) is 44.3 Å². The van der Waals surface area contributed by atoms with E-state index in [1.54, 1.807) is 11.0 Å². The molecule has 1 fully saturated rings. The van der Waals surface area contributed by atoms with Gasteiger partial charge in [-0.25, -0.2) is 21.9 Å². The van der Waals surface area contributed by atoms with Gasteiger partial charge in [-0.2, -0.15) is 9.40 Å². The summed E-state index contributed by atoms with van der Waals surface area (Å²) in [7, 11) is -3.86. The van der Waals surface area contributed by atoms with Crippen LogP contribution in [0.15, 0.2) is 29.4 Å². The van der Waals surface area contributed by atoms with Gasteiger partial charge >= 0.3 is 0 Å². The number of hydrogen-bond donors (Lipinski definition) is 0. The molecule has 148 valence electrons. The SMILES string of the molecule is CC(C)n1cnn(CN2CCN(S(=O)(=O)c3ccc(F)c(F)c3)CC2)c1=S. The van der Waals surface area contributed by atoms with E-state index in [-0.39, 0.29) is 24.0 Å². The molecular weight excluding hydrogens is 396 g/mol. The highest BCUT2D eigenvalue weighted by molar-refractivity contribution is 7.89. The Balaban J connectivity index is 1.66. The lowest BCUT2D eigenvalue weighted by molar-refractivity contribution is 0.144. The van der Waals surface area contributed by atoms with Crippen molar-refractivity contribution < 1.29 is 17.2 Å². The number of nitrogens with zero attached hydrogens (tertiary/aromatic N) is 5. The van der Waals surface area contributed by atoms with Crippen LogP contribution in [0.3, 0.4) is 0 Å². The Labute approximate surface area is 161 Å². The Morgan fingerprint density at radius 2 is 1.81 bits per heavy atom. The number of hydrogen-bond acceptors (Lipinski definition) is 5. The summed E-state index contributed by atoms with van der Waals surface area (Å²) in [5.41, 5.74) is 0. The predicted molar refractivity (Wildman–Crippen MR) is 98.1 cm³/mol. The second-order valence-electron chi connectivity index (χ2n) is 6.65. The van der Waals surface area contributed by atoms with Crippen molar-refractivity contribution in [2.45, 2.75) is 31.5 Å². The molecule has 0 atom stereocenters. The van der Waals surface area contributed by atoms with Crippen molar-refractivity contribution in [1.82, 2.24) is 23.6 Å². The number of sulfonamides is 1. The fourth-order valence-corrected chi connectivity index (χ4v) is 4.69. The monoisotopic (exact) mass is 417 g/mol. The zero-order valence-corrected chi connectivity index (χ0v) is 16.7. The zero-order chi connectivity index (χ0) is 19.8. The highest BCUT2D eigenvalue weighted by atomic mass is 32.2. The van der Waals surface area contributed by atoms with Crippen molar-refractivity contribution in [1.29, 1.82) is 0 Å². The van der Waals surface area contributed by atoms with Gasteiger partial charge in [0.1, 0.15) is 6.33 Å². The van der Waals surface area contributed by atoms with E-state index < -0.39 is 21.7 Å². The molecule has 1 saturated heterocycles. The molecule has 0 aliphatic carbocycles. The van der Waals surface area contributed by atoms with Gasteiger partial charge < -0.3 is 4.57 Å². The van der Waals surface area contributed by atoms with Crippen molar-refractivity contribution in [3.63, 3.8) is 0 Å². The molecule has 1 aromatic carbocycles. The fraction of sp³-hybridized carbons (Fsp3) is 0.500. The summed E-state index contributed by atoms with van der Waals surface area (Å²) in [6.07, 6.45) is 1.69. The van der Waals surface area contributed by atoms with Crippen LogP contribution >= 0.6 is 12.2 Å². The van der Waals surface area contributed by atoms with Gasteiger partial charge in [-0.1, -0.05) is 0 Å². The average Bonchev–Trinajstić information content (AvgIpc) is 2.98. The van der Waals surface area contributed by atoms with Gasteiger partial charge in [0, 0.05) is 32.2 Å². The summed E-state index contributed by atoms with van der Waals surface area (Å²) in [4.78, 5) is 1.80. The van der Waals surface area contributed by atoms with Crippen molar-refractivity contribution in [2.75, 3.05) is 26.2 Å². The molecule has 3 rings (SSSR count). The Bertz CT molecular complexity index is 979. The molecule has 0 radical (unpaired) electrons. The summed E-state index contributed by atoms with van der Waals surface area (Å²) in [6, 6.07) is 2.84. The maximum absolute atomic E-state index is 13.4. The molecule has 0 unspecified atom stereocenters. The maximum Gasteiger partial charge on any atom is 0.243 e. The smallest absolute Gasteiger partial charge is 0.243 e. The molecule has 27 heavy (non-hydrogen) atoms. The number of aromatic nitrogens is 3. The quantitative estimate of drug-likeness (QED) is 0.699. The van der Waals surface area contributed by atoms with Crippen LogP contribution in [0.1, 0.15) is 19.9 Å². The van der Waals surface area contributed by atoms with Crippen molar-refractivity contribution in [3.05, 3.63) is 40.9 Å². The molecule has 2 heterocycles. The topological polar surface area (TPSA) is 63.4 Å². The van der Waals surface area contributed by atoms with E-state index in [1.165, 1.54) is 4.31 Å². The third-order valence-electron chi connectivity index (χ3n) is 4.51. The van der Waals surface area contributed by atoms with Crippen LogP contribution in [-0.2, 0) is 16.7 Å². The van der Waals surface area contributed by atoms with E-state index >= 15 is 0 Å². The summed E-state index contributed by atoms with van der Waals surface area (Å²) in [5.74, 6) is -2.25. The van der Waals surface area contributed by atoms with Crippen molar-refractivity contribution in [2.24, 2.45) is 0 Å². The Kier molecular flexibility index (Phi) is 5.75. The van der Waals surface area contributed by atoms with Crippen LogP contribution < -0.4 is 0 Å². The summed E-state index contributed by atoms with van der Waals surface area (Å²) in [5, 5.41) is 4.29. The number of piperazine rings is 1. The third-order valence-corrected chi connectivity index (χ3v) is 6.82. The number of rotatable bonds is 5. The second kappa shape index (κ2) is 7.74. The molecule has 0 amide bonds. The first-order valence-electron chi connectivity index (χ1n) is 8.51. The average molecular weight is 418 g/mol. The largest absolute Gasteiger partial charge is 0.304 e. The van der Waals surface area contributed by atoms with Gasteiger partial charge in [0.2, 0.25) is 10.0 Å². The normalized spacial score (nSPS) is 16.9. The summed E-state index contributed by atoms with van der Waals surface area (Å²) >= 11 is 5.40. The Hall–Kier alpha value is -1.69. The number of benzene rings is 1. The Morgan fingerprint density at radius 3 is 2.37 bits per heavy atom. The molecule has 11 heteroatoms. The van der Waals surface area contributed by atoms with E-state index in [0.29, 0.717) is 24.5 Å². The molecule has 0 spiro atoms. The fourth-order valence-electron chi connectivity index (χ4n) is 2.89. The van der Waals surface area contributed by atoms with Crippen LogP contribution in [-0.4, -0.2) is 58.1 Å². The molecule has 1 aliphatic heterocycles. The first-order chi connectivity index (χ1) is 12.7.